The minimum atomic E-state index is -1.07. The van der Waals surface area contributed by atoms with Crippen molar-refractivity contribution in [2.24, 2.45) is 29.6 Å². The number of carbonyl (C=O) groups is 4. The number of carbonyl (C=O) groups excluding carboxylic acids is 3. The van der Waals surface area contributed by atoms with Gasteiger partial charge in [-0.25, -0.2) is 14.6 Å². The minimum absolute atomic E-state index is 0.0272. The molecule has 3 N–H and O–H groups in total. The maximum Gasteiger partial charge on any atom is 0.326 e. The maximum absolute atomic E-state index is 12.7. The molecule has 1 aliphatic carbocycles. The van der Waals surface area contributed by atoms with Gasteiger partial charge in [-0.05, 0) is 50.4 Å². The van der Waals surface area contributed by atoms with Crippen molar-refractivity contribution in [1.29, 1.82) is 0 Å². The Morgan fingerprint density at radius 2 is 1.78 bits per heavy atom. The number of rotatable bonds is 12. The molecule has 12 heteroatoms. The van der Waals surface area contributed by atoms with Gasteiger partial charge in [0.25, 0.3) is 0 Å². The van der Waals surface area contributed by atoms with E-state index in [1.807, 2.05) is 20.8 Å². The molecule has 5 fully saturated rings. The second-order valence-corrected chi connectivity index (χ2v) is 12.5. The highest BCUT2D eigenvalue weighted by Gasteiger charge is 2.69. The van der Waals surface area contributed by atoms with Crippen LogP contribution in [0.15, 0.2) is 0 Å². The normalized spacial score (nSPS) is 37.2. The molecule has 2 amide bonds. The third-order valence-corrected chi connectivity index (χ3v) is 9.60. The number of ether oxygens (including phenoxy) is 3. The fourth-order valence-corrected chi connectivity index (χ4v) is 6.90. The number of aliphatic carboxylic acids is 1. The van der Waals surface area contributed by atoms with Crippen molar-refractivity contribution < 1.29 is 48.3 Å². The van der Waals surface area contributed by atoms with E-state index in [0.29, 0.717) is 25.2 Å². The predicted molar refractivity (Wildman–Crippen MR) is 143 cm³/mol. The fraction of sp³-hybridized carbons (Fsp3) is 0.862. The quantitative estimate of drug-likeness (QED) is 0.177. The summed E-state index contributed by atoms with van der Waals surface area (Å²) in [5.74, 6) is -2.93. The van der Waals surface area contributed by atoms with Gasteiger partial charge in [0.1, 0.15) is 6.04 Å². The van der Waals surface area contributed by atoms with Gasteiger partial charge in [-0.3, -0.25) is 14.4 Å². The van der Waals surface area contributed by atoms with Crippen LogP contribution >= 0.6 is 0 Å². The topological polar surface area (TPSA) is 159 Å². The summed E-state index contributed by atoms with van der Waals surface area (Å²) < 4.78 is 18.3. The number of hydrogen-bond acceptors (Lipinski definition) is 9. The predicted octanol–water partition coefficient (Wildman–Crippen LogP) is 3.03. The summed E-state index contributed by atoms with van der Waals surface area (Å²) in [5.41, 5.74) is -0.741. The molecule has 2 bridgehead atoms. The molecule has 232 valence electrons. The zero-order valence-electron chi connectivity index (χ0n) is 24.8. The lowest BCUT2D eigenvalue weighted by Gasteiger charge is -2.59. The number of fused-ring (bicyclic) bond motifs is 2. The Balaban J connectivity index is 1.21. The number of esters is 1. The molecule has 41 heavy (non-hydrogen) atoms. The monoisotopic (exact) mass is 582 g/mol. The first-order valence-corrected chi connectivity index (χ1v) is 15.1. The first-order valence-electron chi connectivity index (χ1n) is 15.1. The van der Waals surface area contributed by atoms with Crippen LogP contribution in [-0.2, 0) is 43.2 Å². The summed E-state index contributed by atoms with van der Waals surface area (Å²) >= 11 is 0. The molecule has 0 aromatic carbocycles. The third-order valence-electron chi connectivity index (χ3n) is 9.60. The Labute approximate surface area is 241 Å². The van der Waals surface area contributed by atoms with E-state index in [9.17, 15) is 24.3 Å². The molecular weight excluding hydrogens is 536 g/mol. The van der Waals surface area contributed by atoms with E-state index in [4.69, 9.17) is 24.0 Å². The van der Waals surface area contributed by atoms with Crippen LogP contribution in [0.5, 0.6) is 0 Å². The maximum atomic E-state index is 12.7. The second kappa shape index (κ2) is 12.9. The van der Waals surface area contributed by atoms with Crippen LogP contribution in [0, 0.1) is 29.6 Å². The molecule has 1 spiro atoms. The summed E-state index contributed by atoms with van der Waals surface area (Å²) in [6.07, 6.45) is 2.84. The van der Waals surface area contributed by atoms with Gasteiger partial charge in [-0.15, -0.1) is 0 Å². The third kappa shape index (κ3) is 6.71. The molecule has 0 aromatic rings. The Hall–Kier alpha value is -2.28. The minimum Gasteiger partial charge on any atom is -0.480 e. The van der Waals surface area contributed by atoms with Crippen LogP contribution in [0.25, 0.3) is 0 Å². The van der Waals surface area contributed by atoms with E-state index in [2.05, 4.69) is 17.6 Å². The van der Waals surface area contributed by atoms with Gasteiger partial charge >= 0.3 is 11.9 Å². The van der Waals surface area contributed by atoms with Crippen molar-refractivity contribution in [3.63, 3.8) is 0 Å². The van der Waals surface area contributed by atoms with E-state index >= 15 is 0 Å². The van der Waals surface area contributed by atoms with E-state index in [1.165, 1.54) is 0 Å². The van der Waals surface area contributed by atoms with E-state index < -0.39 is 41.9 Å². The van der Waals surface area contributed by atoms with Crippen molar-refractivity contribution in [2.45, 2.75) is 122 Å². The standard InChI is InChI=1S/C29H46N2O10/c1-6-16(2)24(25(35)36)31-22(33)8-7-15-30-21(32)11-12-23(34)37-26-18(4)20-10-9-17(3)19-13-14-28(5)39-27(38-26)29(19,20)41-40-28/h16-20,24,26-27H,6-15H2,1-5H3,(H,30,32)(H,31,33)(H,35,36)/t16-,17+,18-,19-,20+,24-,26+,27-,28+,29+/m0/s1. The second-order valence-electron chi connectivity index (χ2n) is 12.5. The lowest BCUT2D eigenvalue weighted by atomic mass is 9.58. The molecule has 1 saturated carbocycles. The number of carboxylic acids is 1. The Kier molecular flexibility index (Phi) is 9.98. The largest absolute Gasteiger partial charge is 0.480 e. The van der Waals surface area contributed by atoms with Crippen LogP contribution in [-0.4, -0.2) is 65.4 Å². The molecule has 5 aliphatic rings. The summed E-state index contributed by atoms with van der Waals surface area (Å²) in [6.45, 7) is 9.93. The summed E-state index contributed by atoms with van der Waals surface area (Å²) in [6, 6.07) is -0.939. The highest BCUT2D eigenvalue weighted by molar-refractivity contribution is 5.84. The van der Waals surface area contributed by atoms with Crippen molar-refractivity contribution >= 4 is 23.8 Å². The molecule has 10 atom stereocenters. The molecular formula is C29H46N2O10. The molecule has 0 aromatic heterocycles. The van der Waals surface area contributed by atoms with Gasteiger partial charge in [-0.2, -0.15) is 0 Å². The van der Waals surface area contributed by atoms with E-state index in [1.54, 1.807) is 6.92 Å². The first-order chi connectivity index (χ1) is 19.4. The van der Waals surface area contributed by atoms with Crippen molar-refractivity contribution in [3.05, 3.63) is 0 Å². The van der Waals surface area contributed by atoms with Crippen LogP contribution in [0.3, 0.4) is 0 Å². The van der Waals surface area contributed by atoms with Gasteiger partial charge in [0, 0.05) is 37.6 Å². The lowest BCUT2D eigenvalue weighted by Crippen LogP contribution is -2.70. The van der Waals surface area contributed by atoms with Crippen molar-refractivity contribution in [1.82, 2.24) is 10.6 Å². The smallest absolute Gasteiger partial charge is 0.326 e. The Bertz CT molecular complexity index is 993. The molecule has 4 aliphatic heterocycles. The number of amides is 2. The van der Waals surface area contributed by atoms with E-state index in [0.717, 1.165) is 19.3 Å². The zero-order valence-corrected chi connectivity index (χ0v) is 24.8. The number of hydrogen-bond donors (Lipinski definition) is 3. The van der Waals surface area contributed by atoms with Crippen LogP contribution in [0.2, 0.25) is 0 Å². The van der Waals surface area contributed by atoms with Gasteiger partial charge in [-0.1, -0.05) is 34.1 Å². The Morgan fingerprint density at radius 3 is 2.49 bits per heavy atom. The average Bonchev–Trinajstić information content (AvgIpc) is 3.16. The Morgan fingerprint density at radius 1 is 1.02 bits per heavy atom. The number of nitrogens with one attached hydrogen (secondary N) is 2. The average molecular weight is 583 g/mol. The highest BCUT2D eigenvalue weighted by atomic mass is 17.3. The highest BCUT2D eigenvalue weighted by Crippen LogP contribution is 2.60. The number of carboxylic acid groups (broad SMARTS) is 1. The molecule has 12 nitrogen and oxygen atoms in total. The molecule has 4 saturated heterocycles. The summed E-state index contributed by atoms with van der Waals surface area (Å²) in [7, 11) is 0. The molecule has 0 radical (unpaired) electrons. The zero-order chi connectivity index (χ0) is 29.9. The van der Waals surface area contributed by atoms with Gasteiger partial charge < -0.3 is 30.0 Å². The fourth-order valence-electron chi connectivity index (χ4n) is 6.90. The van der Waals surface area contributed by atoms with Gasteiger partial charge in [0.2, 0.25) is 23.9 Å². The van der Waals surface area contributed by atoms with Crippen molar-refractivity contribution in [2.75, 3.05) is 6.54 Å². The molecule has 4 heterocycles. The first kappa shape index (κ1) is 31.7. The van der Waals surface area contributed by atoms with Crippen LogP contribution < -0.4 is 10.6 Å². The summed E-state index contributed by atoms with van der Waals surface area (Å²) in [4.78, 5) is 60.4. The van der Waals surface area contributed by atoms with Gasteiger partial charge in [0.15, 0.2) is 11.9 Å². The SMILES string of the molecule is CC[C@H](C)[C@H](NC(=O)CCCNC(=O)CCC(=O)O[C@@H]1O[C@H]2O[C@@]3(C)CC[C@H]4[C@H](C)CC[C@H]([C@@H]1C)[C@@]24OO3)C(=O)O. The lowest BCUT2D eigenvalue weighted by molar-refractivity contribution is -0.576. The van der Waals surface area contributed by atoms with Crippen LogP contribution in [0.4, 0.5) is 0 Å². The van der Waals surface area contributed by atoms with Crippen LogP contribution in [0.1, 0.15) is 92.4 Å². The van der Waals surface area contributed by atoms with Crippen molar-refractivity contribution in [3.8, 4) is 0 Å². The molecule has 0 unspecified atom stereocenters. The summed E-state index contributed by atoms with van der Waals surface area (Å²) in [5, 5.41) is 14.5. The van der Waals surface area contributed by atoms with E-state index in [-0.39, 0.29) is 61.3 Å². The van der Waals surface area contributed by atoms with Gasteiger partial charge in [0.05, 0.1) is 6.42 Å². The molecule has 5 rings (SSSR count).